The number of carbonyl (C=O) groups is 2. The summed E-state index contributed by atoms with van der Waals surface area (Å²) in [5.41, 5.74) is 0.829. The average Bonchev–Trinajstić information content (AvgIpc) is 2.92. The highest BCUT2D eigenvalue weighted by Crippen LogP contribution is 2.30. The number of halogens is 2. The van der Waals surface area contributed by atoms with Crippen molar-refractivity contribution in [2.45, 2.75) is 37.8 Å². The third-order valence-electron chi connectivity index (χ3n) is 5.95. The molecule has 0 aromatic heterocycles. The summed E-state index contributed by atoms with van der Waals surface area (Å²) in [6.45, 7) is 3.43. The molecule has 11 heteroatoms. The molecule has 208 valence electrons. The Balaban J connectivity index is 2.04. The van der Waals surface area contributed by atoms with Crippen LogP contribution in [-0.4, -0.2) is 51.4 Å². The summed E-state index contributed by atoms with van der Waals surface area (Å²) < 4.78 is 33.8. The van der Waals surface area contributed by atoms with Crippen LogP contribution in [0.3, 0.4) is 0 Å². The molecule has 8 nitrogen and oxygen atoms in total. The predicted molar refractivity (Wildman–Crippen MR) is 154 cm³/mol. The Morgan fingerprint density at radius 2 is 1.64 bits per heavy atom. The summed E-state index contributed by atoms with van der Waals surface area (Å²) in [4.78, 5) is 28.2. The van der Waals surface area contributed by atoms with Crippen LogP contribution in [0.2, 0.25) is 10.0 Å². The third-order valence-corrected chi connectivity index (χ3v) is 8.17. The van der Waals surface area contributed by atoms with Crippen molar-refractivity contribution < 1.29 is 22.7 Å². The molecule has 0 aliphatic heterocycles. The first-order chi connectivity index (χ1) is 18.6. The molecule has 0 spiro atoms. The van der Waals surface area contributed by atoms with Crippen LogP contribution < -0.4 is 14.4 Å². The topological polar surface area (TPSA) is 96.0 Å². The largest absolute Gasteiger partial charge is 0.497 e. The second-order valence-electron chi connectivity index (χ2n) is 8.79. The number of hydrogen-bond donors (Lipinski definition) is 1. The van der Waals surface area contributed by atoms with Crippen LogP contribution in [0.1, 0.15) is 25.8 Å². The van der Waals surface area contributed by atoms with E-state index in [0.29, 0.717) is 17.9 Å². The Morgan fingerprint density at radius 1 is 0.974 bits per heavy atom. The van der Waals surface area contributed by atoms with E-state index in [9.17, 15) is 18.0 Å². The molecular weight excluding hydrogens is 561 g/mol. The fraction of sp³-hybridized carbons (Fsp3) is 0.286. The molecule has 0 saturated carbocycles. The molecule has 0 bridgehead atoms. The lowest BCUT2D eigenvalue weighted by molar-refractivity contribution is -0.139. The fourth-order valence-electron chi connectivity index (χ4n) is 3.88. The molecule has 3 aromatic rings. The van der Waals surface area contributed by atoms with Gasteiger partial charge in [0, 0.05) is 23.1 Å². The van der Waals surface area contributed by atoms with Gasteiger partial charge < -0.3 is 15.0 Å². The van der Waals surface area contributed by atoms with Crippen molar-refractivity contribution in [1.82, 2.24) is 10.2 Å². The summed E-state index contributed by atoms with van der Waals surface area (Å²) in [6, 6.07) is 18.3. The highest BCUT2D eigenvalue weighted by atomic mass is 35.5. The third kappa shape index (κ3) is 7.88. The highest BCUT2D eigenvalue weighted by molar-refractivity contribution is 7.92. The Kier molecular flexibility index (Phi) is 10.6. The maximum Gasteiger partial charge on any atom is 0.264 e. The van der Waals surface area contributed by atoms with Gasteiger partial charge >= 0.3 is 0 Å². The van der Waals surface area contributed by atoms with E-state index >= 15 is 0 Å². The lowest BCUT2D eigenvalue weighted by Crippen LogP contribution is -2.51. The standard InChI is InChI=1S/C28H31Cl2N3O5S/c1-4-13-31-28(35)20(2)32(18-21-9-8-10-25(14-21)38-3)27(34)19-33(24-16-22(29)15-23(30)17-24)39(36,37)26-11-6-5-7-12-26/h5-12,14-17,20H,4,13,18-19H2,1-3H3,(H,31,35). The van der Waals surface area contributed by atoms with Crippen LogP contribution >= 0.6 is 23.2 Å². The van der Waals surface area contributed by atoms with Gasteiger partial charge in [-0.05, 0) is 61.4 Å². The van der Waals surface area contributed by atoms with E-state index in [1.165, 1.54) is 42.3 Å². The summed E-state index contributed by atoms with van der Waals surface area (Å²) in [5, 5.41) is 3.22. The smallest absolute Gasteiger partial charge is 0.264 e. The van der Waals surface area contributed by atoms with Crippen molar-refractivity contribution in [2.24, 2.45) is 0 Å². The molecule has 0 saturated heterocycles. The summed E-state index contributed by atoms with van der Waals surface area (Å²) in [7, 11) is -2.68. The van der Waals surface area contributed by atoms with Crippen LogP contribution in [-0.2, 0) is 26.2 Å². The Hall–Kier alpha value is -3.27. The zero-order chi connectivity index (χ0) is 28.6. The SMILES string of the molecule is CCCNC(=O)C(C)N(Cc1cccc(OC)c1)C(=O)CN(c1cc(Cl)cc(Cl)c1)S(=O)(=O)c1ccccc1. The zero-order valence-corrected chi connectivity index (χ0v) is 24.3. The van der Waals surface area contributed by atoms with Crippen LogP contribution in [0.5, 0.6) is 5.75 Å². The number of nitrogens with zero attached hydrogens (tertiary/aromatic N) is 2. The molecule has 0 heterocycles. The normalized spacial score (nSPS) is 11.9. The van der Waals surface area contributed by atoms with E-state index in [-0.39, 0.29) is 33.1 Å². The molecule has 1 unspecified atom stereocenters. The van der Waals surface area contributed by atoms with Crippen molar-refractivity contribution >= 4 is 50.7 Å². The van der Waals surface area contributed by atoms with Gasteiger partial charge in [0.15, 0.2) is 0 Å². The minimum Gasteiger partial charge on any atom is -0.497 e. The molecule has 1 atom stereocenters. The minimum absolute atomic E-state index is 0.0121. The van der Waals surface area contributed by atoms with Gasteiger partial charge in [0.05, 0.1) is 17.7 Å². The van der Waals surface area contributed by atoms with E-state index in [1.807, 2.05) is 6.92 Å². The number of carbonyl (C=O) groups excluding carboxylic acids is 2. The van der Waals surface area contributed by atoms with E-state index in [4.69, 9.17) is 27.9 Å². The van der Waals surface area contributed by atoms with Crippen molar-refractivity contribution in [3.8, 4) is 5.75 Å². The van der Waals surface area contributed by atoms with Crippen molar-refractivity contribution in [3.63, 3.8) is 0 Å². The predicted octanol–water partition coefficient (Wildman–Crippen LogP) is 5.14. The molecule has 0 radical (unpaired) electrons. The van der Waals surface area contributed by atoms with Gasteiger partial charge in [-0.3, -0.25) is 13.9 Å². The number of ether oxygens (including phenoxy) is 1. The zero-order valence-electron chi connectivity index (χ0n) is 21.9. The molecular formula is C28H31Cl2N3O5S. The number of benzene rings is 3. The van der Waals surface area contributed by atoms with Gasteiger partial charge in [-0.1, -0.05) is 60.5 Å². The number of methoxy groups -OCH3 is 1. The summed E-state index contributed by atoms with van der Waals surface area (Å²) in [5.74, 6) is -0.353. The van der Waals surface area contributed by atoms with Gasteiger partial charge in [-0.2, -0.15) is 0 Å². The number of anilines is 1. The second-order valence-corrected chi connectivity index (χ2v) is 11.5. The molecule has 0 aliphatic carbocycles. The Labute approximate surface area is 239 Å². The van der Waals surface area contributed by atoms with Gasteiger partial charge in [0.25, 0.3) is 10.0 Å². The number of amides is 2. The van der Waals surface area contributed by atoms with E-state index in [1.54, 1.807) is 49.4 Å². The maximum absolute atomic E-state index is 13.9. The molecule has 3 rings (SSSR count). The van der Waals surface area contributed by atoms with Gasteiger partial charge in [-0.15, -0.1) is 0 Å². The monoisotopic (exact) mass is 591 g/mol. The first-order valence-electron chi connectivity index (χ1n) is 12.3. The maximum atomic E-state index is 13.9. The second kappa shape index (κ2) is 13.7. The molecule has 2 amide bonds. The van der Waals surface area contributed by atoms with Gasteiger partial charge in [0.2, 0.25) is 11.8 Å². The Morgan fingerprint density at radius 3 is 2.26 bits per heavy atom. The van der Waals surface area contributed by atoms with Crippen LogP contribution in [0.15, 0.2) is 77.7 Å². The first-order valence-corrected chi connectivity index (χ1v) is 14.5. The molecule has 0 fully saturated rings. The molecule has 1 N–H and O–H groups in total. The minimum atomic E-state index is -4.21. The van der Waals surface area contributed by atoms with Crippen LogP contribution in [0, 0.1) is 0 Å². The lowest BCUT2D eigenvalue weighted by Gasteiger charge is -2.32. The van der Waals surface area contributed by atoms with Crippen molar-refractivity contribution in [3.05, 3.63) is 88.4 Å². The fourth-order valence-corrected chi connectivity index (χ4v) is 5.81. The number of nitrogens with one attached hydrogen (secondary N) is 1. The molecule has 0 aliphatic rings. The highest BCUT2D eigenvalue weighted by Gasteiger charge is 2.32. The van der Waals surface area contributed by atoms with E-state index < -0.39 is 28.5 Å². The van der Waals surface area contributed by atoms with E-state index in [2.05, 4.69) is 5.32 Å². The molecule has 39 heavy (non-hydrogen) atoms. The van der Waals surface area contributed by atoms with Gasteiger partial charge in [-0.25, -0.2) is 8.42 Å². The summed E-state index contributed by atoms with van der Waals surface area (Å²) in [6.07, 6.45) is 0.723. The Bertz CT molecular complexity index is 1380. The lowest BCUT2D eigenvalue weighted by atomic mass is 10.1. The van der Waals surface area contributed by atoms with Crippen LogP contribution in [0.25, 0.3) is 0 Å². The summed E-state index contributed by atoms with van der Waals surface area (Å²) >= 11 is 12.4. The number of hydrogen-bond acceptors (Lipinski definition) is 5. The number of sulfonamides is 1. The first kappa shape index (κ1) is 30.3. The quantitative estimate of drug-likeness (QED) is 0.314. The van der Waals surface area contributed by atoms with Gasteiger partial charge in [0.1, 0.15) is 18.3 Å². The average molecular weight is 593 g/mol. The van der Waals surface area contributed by atoms with E-state index in [0.717, 1.165) is 10.7 Å². The molecule has 3 aromatic carbocycles. The van der Waals surface area contributed by atoms with Crippen LogP contribution in [0.4, 0.5) is 5.69 Å². The number of rotatable bonds is 12. The van der Waals surface area contributed by atoms with Crippen molar-refractivity contribution in [2.75, 3.05) is 24.5 Å². The van der Waals surface area contributed by atoms with Crippen molar-refractivity contribution in [1.29, 1.82) is 0 Å².